The van der Waals surface area contributed by atoms with Crippen molar-refractivity contribution in [3.8, 4) is 0 Å². The Labute approximate surface area is 141 Å². The smallest absolute Gasteiger partial charge is 0.0715 e. The quantitative estimate of drug-likeness (QED) is 0.924. The molecule has 3 nitrogen and oxygen atoms in total. The summed E-state index contributed by atoms with van der Waals surface area (Å²) >= 11 is 0. The van der Waals surface area contributed by atoms with Gasteiger partial charge in [0.05, 0.1) is 12.0 Å². The molecule has 5 atom stereocenters. The molecule has 2 aliphatic carbocycles. The molecular weight excluding hydrogens is 298 g/mol. The summed E-state index contributed by atoms with van der Waals surface area (Å²) in [6, 6.07) is 16.5. The largest absolute Gasteiger partial charge is 0.545 e. The van der Waals surface area contributed by atoms with Gasteiger partial charge in [-0.3, -0.25) is 0 Å². The van der Waals surface area contributed by atoms with Crippen LogP contribution in [0.4, 0.5) is 5.69 Å². The zero-order valence-corrected chi connectivity index (χ0v) is 13.4. The van der Waals surface area contributed by atoms with Crippen LogP contribution >= 0.6 is 0 Å². The molecule has 0 saturated heterocycles. The molecule has 2 saturated carbocycles. The van der Waals surface area contributed by atoms with Crippen molar-refractivity contribution in [2.24, 2.45) is 17.8 Å². The van der Waals surface area contributed by atoms with Gasteiger partial charge in [0.15, 0.2) is 0 Å². The van der Waals surface area contributed by atoms with Crippen LogP contribution in [0.15, 0.2) is 48.5 Å². The van der Waals surface area contributed by atoms with Gasteiger partial charge < -0.3 is 15.2 Å². The Morgan fingerprint density at radius 3 is 2.62 bits per heavy atom. The molecule has 0 aromatic heterocycles. The van der Waals surface area contributed by atoms with Crippen LogP contribution in [-0.2, 0) is 0 Å². The van der Waals surface area contributed by atoms with E-state index in [0.717, 1.165) is 11.6 Å². The molecule has 3 heteroatoms. The molecule has 2 bridgehead atoms. The minimum atomic E-state index is -1.08. The van der Waals surface area contributed by atoms with Gasteiger partial charge in [-0.15, -0.1) is 0 Å². The van der Waals surface area contributed by atoms with Crippen molar-refractivity contribution in [1.82, 2.24) is 0 Å². The van der Waals surface area contributed by atoms with Crippen molar-refractivity contribution in [1.29, 1.82) is 0 Å². The highest BCUT2D eigenvalue weighted by Crippen LogP contribution is 2.63. The van der Waals surface area contributed by atoms with Gasteiger partial charge in [0.25, 0.3) is 0 Å². The SMILES string of the molecule is O=C([O-])c1ccc2c(c1)[C@H]1[C@H]3CC[C@H](C3)[C@H]1[C@@H](c1ccccc1)N2. The molecule has 3 aliphatic rings. The zero-order valence-electron chi connectivity index (χ0n) is 13.4. The van der Waals surface area contributed by atoms with Gasteiger partial charge in [-0.25, -0.2) is 0 Å². The fraction of sp³-hybridized carbons (Fsp3) is 0.381. The maximum absolute atomic E-state index is 11.3. The number of anilines is 1. The summed E-state index contributed by atoms with van der Waals surface area (Å²) in [4.78, 5) is 11.3. The van der Waals surface area contributed by atoms with Gasteiger partial charge in [-0.2, -0.15) is 0 Å². The lowest BCUT2D eigenvalue weighted by Crippen LogP contribution is -2.35. The van der Waals surface area contributed by atoms with Gasteiger partial charge in [-0.05, 0) is 71.8 Å². The van der Waals surface area contributed by atoms with Crippen LogP contribution in [0.1, 0.15) is 52.7 Å². The first kappa shape index (κ1) is 14.1. The third kappa shape index (κ3) is 1.94. The number of aromatic carboxylic acids is 1. The highest BCUT2D eigenvalue weighted by Gasteiger charge is 2.53. The molecule has 1 aliphatic heterocycles. The first-order valence-electron chi connectivity index (χ1n) is 8.89. The van der Waals surface area contributed by atoms with E-state index < -0.39 is 5.97 Å². The third-order valence-corrected chi connectivity index (χ3v) is 6.48. The van der Waals surface area contributed by atoms with E-state index in [2.05, 4.69) is 35.6 Å². The fourth-order valence-corrected chi connectivity index (χ4v) is 5.60. The van der Waals surface area contributed by atoms with Gasteiger partial charge in [0, 0.05) is 5.69 Å². The van der Waals surface area contributed by atoms with E-state index in [4.69, 9.17) is 0 Å². The van der Waals surface area contributed by atoms with E-state index in [1.54, 1.807) is 6.07 Å². The molecule has 122 valence electrons. The molecule has 2 fully saturated rings. The number of carboxylic acid groups (broad SMARTS) is 1. The Hall–Kier alpha value is -2.29. The lowest BCUT2D eigenvalue weighted by atomic mass is 9.68. The first-order valence-corrected chi connectivity index (χ1v) is 8.89. The molecule has 2 aromatic rings. The molecule has 0 spiro atoms. The number of nitrogens with one attached hydrogen (secondary N) is 1. The minimum absolute atomic E-state index is 0.301. The standard InChI is InChI=1S/C21H21NO2/c23-21(24)15-8-9-17-16(11-15)18-13-6-7-14(10-13)19(18)20(22-17)12-4-2-1-3-5-12/h1-5,8-9,11,13-14,18-20,22H,6-7,10H2,(H,23,24)/p-1/t13-,14+,18+,19+,20+/m0/s1. The second-order valence-electron chi connectivity index (χ2n) is 7.56. The number of carbonyl (C=O) groups is 1. The van der Waals surface area contributed by atoms with Crippen molar-refractivity contribution in [3.05, 3.63) is 65.2 Å². The topological polar surface area (TPSA) is 52.2 Å². The maximum Gasteiger partial charge on any atom is 0.0715 e. The normalized spacial score (nSPS) is 32.8. The van der Waals surface area contributed by atoms with Crippen LogP contribution < -0.4 is 10.4 Å². The van der Waals surface area contributed by atoms with Crippen LogP contribution in [0.25, 0.3) is 0 Å². The summed E-state index contributed by atoms with van der Waals surface area (Å²) in [5.74, 6) is 1.41. The number of hydrogen-bond donors (Lipinski definition) is 1. The summed E-state index contributed by atoms with van der Waals surface area (Å²) < 4.78 is 0. The van der Waals surface area contributed by atoms with Crippen molar-refractivity contribution >= 4 is 11.7 Å². The van der Waals surface area contributed by atoms with Crippen molar-refractivity contribution < 1.29 is 9.90 Å². The number of rotatable bonds is 2. The van der Waals surface area contributed by atoms with Crippen LogP contribution in [0, 0.1) is 17.8 Å². The van der Waals surface area contributed by atoms with E-state index >= 15 is 0 Å². The van der Waals surface area contributed by atoms with E-state index in [9.17, 15) is 9.90 Å². The Morgan fingerprint density at radius 2 is 1.83 bits per heavy atom. The summed E-state index contributed by atoms with van der Waals surface area (Å²) in [5.41, 5.74) is 3.94. The average Bonchev–Trinajstić information content (AvgIpc) is 3.23. The second kappa shape index (κ2) is 5.10. The summed E-state index contributed by atoms with van der Waals surface area (Å²) in [6.07, 6.45) is 3.88. The van der Waals surface area contributed by atoms with Gasteiger partial charge in [0.2, 0.25) is 0 Å². The molecule has 0 amide bonds. The molecular formula is C21H20NO2-. The monoisotopic (exact) mass is 318 g/mol. The number of carbonyl (C=O) groups excluding carboxylic acids is 1. The Kier molecular flexibility index (Phi) is 2.99. The van der Waals surface area contributed by atoms with E-state index in [0.29, 0.717) is 29.4 Å². The predicted molar refractivity (Wildman–Crippen MR) is 90.6 cm³/mol. The van der Waals surface area contributed by atoms with Crippen LogP contribution in [0.3, 0.4) is 0 Å². The lowest BCUT2D eigenvalue weighted by Gasteiger charge is -2.43. The maximum atomic E-state index is 11.3. The molecule has 0 unspecified atom stereocenters. The Morgan fingerprint density at radius 1 is 1.04 bits per heavy atom. The van der Waals surface area contributed by atoms with Gasteiger partial charge in [0.1, 0.15) is 0 Å². The lowest BCUT2D eigenvalue weighted by molar-refractivity contribution is -0.255. The summed E-state index contributed by atoms with van der Waals surface area (Å²) in [7, 11) is 0. The van der Waals surface area contributed by atoms with E-state index in [1.165, 1.54) is 30.4 Å². The number of benzene rings is 2. The zero-order chi connectivity index (χ0) is 16.3. The Balaban J connectivity index is 1.64. The highest BCUT2D eigenvalue weighted by molar-refractivity contribution is 5.87. The molecule has 0 radical (unpaired) electrons. The molecule has 24 heavy (non-hydrogen) atoms. The van der Waals surface area contributed by atoms with Crippen LogP contribution in [0.2, 0.25) is 0 Å². The number of carboxylic acids is 1. The molecule has 1 N–H and O–H groups in total. The minimum Gasteiger partial charge on any atom is -0.545 e. The van der Waals surface area contributed by atoms with Crippen molar-refractivity contribution in [2.45, 2.75) is 31.2 Å². The molecule has 5 rings (SSSR count). The fourth-order valence-electron chi connectivity index (χ4n) is 5.60. The summed E-state index contributed by atoms with van der Waals surface area (Å²) in [5, 5.41) is 15.0. The number of fused-ring (bicyclic) bond motifs is 7. The molecule has 1 heterocycles. The summed E-state index contributed by atoms with van der Waals surface area (Å²) in [6.45, 7) is 0. The van der Waals surface area contributed by atoms with Gasteiger partial charge in [-0.1, -0.05) is 36.4 Å². The van der Waals surface area contributed by atoms with Crippen LogP contribution in [0.5, 0.6) is 0 Å². The van der Waals surface area contributed by atoms with Crippen molar-refractivity contribution in [3.63, 3.8) is 0 Å². The first-order chi connectivity index (χ1) is 11.7. The average molecular weight is 318 g/mol. The van der Waals surface area contributed by atoms with E-state index in [1.807, 2.05) is 12.1 Å². The molecule has 2 aromatic carbocycles. The second-order valence-corrected chi connectivity index (χ2v) is 7.56. The number of hydrogen-bond acceptors (Lipinski definition) is 3. The third-order valence-electron chi connectivity index (χ3n) is 6.48. The van der Waals surface area contributed by atoms with E-state index in [-0.39, 0.29) is 0 Å². The van der Waals surface area contributed by atoms with Crippen LogP contribution in [-0.4, -0.2) is 5.97 Å². The highest BCUT2D eigenvalue weighted by atomic mass is 16.4. The predicted octanol–water partition coefficient (Wildman–Crippen LogP) is 3.35. The van der Waals surface area contributed by atoms with Gasteiger partial charge >= 0.3 is 0 Å². The Bertz CT molecular complexity index is 801. The van der Waals surface area contributed by atoms with Crippen molar-refractivity contribution in [2.75, 3.05) is 5.32 Å².